The van der Waals surface area contributed by atoms with Gasteiger partial charge in [0.1, 0.15) is 30.2 Å². The number of benzene rings is 7. The lowest BCUT2D eigenvalue weighted by Crippen LogP contribution is -2.43. The molecule has 0 radical (unpaired) electrons. The van der Waals surface area contributed by atoms with Crippen LogP contribution in [0.2, 0.25) is 0 Å². The second-order valence-electron chi connectivity index (χ2n) is 13.7. The van der Waals surface area contributed by atoms with Crippen LogP contribution in [-0.2, 0) is 38.5 Å². The van der Waals surface area contributed by atoms with Crippen molar-refractivity contribution in [3.63, 3.8) is 0 Å². The van der Waals surface area contributed by atoms with E-state index in [1.54, 1.807) is 42.5 Å². The summed E-state index contributed by atoms with van der Waals surface area (Å²) in [5.41, 5.74) is 3.87. The van der Waals surface area contributed by atoms with Crippen LogP contribution >= 0.6 is 0 Å². The minimum atomic E-state index is -0.773. The average Bonchev–Trinajstić information content (AvgIpc) is 3.28. The molecule has 2 atom stereocenters. The molecule has 2 unspecified atom stereocenters. The number of amides is 2. The summed E-state index contributed by atoms with van der Waals surface area (Å²) in [6.07, 6.45) is 0.704. The van der Waals surface area contributed by atoms with Gasteiger partial charge in [-0.15, -0.1) is 0 Å². The fourth-order valence-corrected chi connectivity index (χ4v) is 6.42. The van der Waals surface area contributed by atoms with E-state index in [2.05, 4.69) is 10.6 Å². The number of carbonyl (C=O) groups is 4. The Morgan fingerprint density at radius 2 is 0.898 bits per heavy atom. The SMILES string of the molecule is COC(=O)C(Cc1ccccc1)NC(=O)c1ccc2cc(O)ccc2c1.COC(=O)C(Cc1ccccc1)NC(=O)c1ccc2cc(OCc3ccccc3)ccc2c1. The summed E-state index contributed by atoms with van der Waals surface area (Å²) < 4.78 is 15.6. The highest BCUT2D eigenvalue weighted by atomic mass is 16.5. The normalized spacial score (nSPS) is 11.6. The van der Waals surface area contributed by atoms with Gasteiger partial charge in [0.25, 0.3) is 11.8 Å². The Hall–Kier alpha value is -7.46. The monoisotopic (exact) mass is 788 g/mol. The van der Waals surface area contributed by atoms with Gasteiger partial charge in [-0.3, -0.25) is 9.59 Å². The van der Waals surface area contributed by atoms with Gasteiger partial charge in [-0.2, -0.15) is 0 Å². The minimum absolute atomic E-state index is 0.170. The molecule has 0 spiro atoms. The quantitative estimate of drug-likeness (QED) is 0.100. The Morgan fingerprint density at radius 3 is 1.37 bits per heavy atom. The van der Waals surface area contributed by atoms with Gasteiger partial charge in [0.2, 0.25) is 0 Å². The van der Waals surface area contributed by atoms with Crippen molar-refractivity contribution in [1.82, 2.24) is 10.6 Å². The number of aromatic hydroxyl groups is 1. The number of phenolic OH excluding ortho intramolecular Hbond substituents is 1. The number of hydrogen-bond donors (Lipinski definition) is 3. The third kappa shape index (κ3) is 11.5. The predicted octanol–water partition coefficient (Wildman–Crippen LogP) is 7.99. The van der Waals surface area contributed by atoms with Gasteiger partial charge >= 0.3 is 11.9 Å². The molecule has 0 heterocycles. The zero-order chi connectivity index (χ0) is 41.6. The standard InChI is InChI=1S/C28H25NO4.C21H19NO4/c1-32-28(31)26(16-20-8-4-2-5-9-20)29-27(30)24-13-12-23-18-25(15-14-22(23)17-24)33-19-21-10-6-3-7-11-21;1-26-21(25)19(11-14-5-3-2-4-6-14)22-20(24)17-8-7-16-13-18(23)10-9-15(16)12-17/h2-15,17-18,26H,16,19H2,1H3,(H,29,30);2-10,12-13,19,23H,11H2,1H3,(H,22,24). The first-order valence-electron chi connectivity index (χ1n) is 19.0. The first-order chi connectivity index (χ1) is 28.7. The van der Waals surface area contributed by atoms with Crippen LogP contribution in [0, 0.1) is 0 Å². The highest BCUT2D eigenvalue weighted by Crippen LogP contribution is 2.24. The number of esters is 2. The summed E-state index contributed by atoms with van der Waals surface area (Å²) in [5.74, 6) is -0.722. The number of methoxy groups -OCH3 is 2. The lowest BCUT2D eigenvalue weighted by molar-refractivity contribution is -0.143. The summed E-state index contributed by atoms with van der Waals surface area (Å²) >= 11 is 0. The molecule has 7 aromatic rings. The van der Waals surface area contributed by atoms with Crippen LogP contribution in [0.25, 0.3) is 21.5 Å². The van der Waals surface area contributed by atoms with Crippen LogP contribution in [0.15, 0.2) is 164 Å². The highest BCUT2D eigenvalue weighted by molar-refractivity contribution is 6.01. The number of phenols is 1. The Labute approximate surface area is 342 Å². The van der Waals surface area contributed by atoms with Crippen molar-refractivity contribution in [3.8, 4) is 11.5 Å². The van der Waals surface area contributed by atoms with E-state index in [0.29, 0.717) is 30.6 Å². The number of fused-ring (bicyclic) bond motifs is 2. The zero-order valence-electron chi connectivity index (χ0n) is 32.7. The van der Waals surface area contributed by atoms with Crippen molar-refractivity contribution >= 4 is 45.3 Å². The van der Waals surface area contributed by atoms with E-state index in [0.717, 1.165) is 44.0 Å². The fourth-order valence-electron chi connectivity index (χ4n) is 6.42. The third-order valence-corrected chi connectivity index (χ3v) is 9.56. The van der Waals surface area contributed by atoms with Crippen molar-refractivity contribution in [3.05, 3.63) is 192 Å². The molecule has 0 saturated carbocycles. The van der Waals surface area contributed by atoms with E-state index in [1.807, 2.05) is 121 Å². The molecule has 59 heavy (non-hydrogen) atoms. The first-order valence-corrected chi connectivity index (χ1v) is 19.0. The first kappa shape index (κ1) is 41.2. The van der Waals surface area contributed by atoms with Crippen molar-refractivity contribution in [2.45, 2.75) is 31.5 Å². The van der Waals surface area contributed by atoms with Crippen LogP contribution in [0.5, 0.6) is 11.5 Å². The summed E-state index contributed by atoms with van der Waals surface area (Å²) in [6.45, 7) is 0.489. The number of hydrogen-bond acceptors (Lipinski definition) is 8. The van der Waals surface area contributed by atoms with Crippen molar-refractivity contribution in [1.29, 1.82) is 0 Å². The lowest BCUT2D eigenvalue weighted by atomic mass is 10.0. The van der Waals surface area contributed by atoms with Crippen LogP contribution in [0.1, 0.15) is 37.4 Å². The second-order valence-corrected chi connectivity index (χ2v) is 13.7. The van der Waals surface area contributed by atoms with E-state index >= 15 is 0 Å². The van der Waals surface area contributed by atoms with Gasteiger partial charge in [-0.05, 0) is 86.8 Å². The maximum atomic E-state index is 12.9. The smallest absolute Gasteiger partial charge is 0.328 e. The average molecular weight is 789 g/mol. The number of rotatable bonds is 13. The maximum Gasteiger partial charge on any atom is 0.328 e. The van der Waals surface area contributed by atoms with Gasteiger partial charge in [0.05, 0.1) is 14.2 Å². The number of carbonyl (C=O) groups excluding carboxylic acids is 4. The molecule has 7 aromatic carbocycles. The lowest BCUT2D eigenvalue weighted by Gasteiger charge is -2.17. The molecular formula is C49H44N2O8. The van der Waals surface area contributed by atoms with E-state index in [4.69, 9.17) is 14.2 Å². The third-order valence-electron chi connectivity index (χ3n) is 9.56. The molecule has 10 heteroatoms. The molecule has 7 rings (SSSR count). The summed E-state index contributed by atoms with van der Waals surface area (Å²) in [4.78, 5) is 49.8. The molecule has 0 aromatic heterocycles. The van der Waals surface area contributed by atoms with E-state index < -0.39 is 24.0 Å². The predicted molar refractivity (Wildman–Crippen MR) is 227 cm³/mol. The Bertz CT molecular complexity index is 2530. The minimum Gasteiger partial charge on any atom is -0.508 e. The van der Waals surface area contributed by atoms with Crippen LogP contribution in [0.3, 0.4) is 0 Å². The Kier molecular flexibility index (Phi) is 14.0. The van der Waals surface area contributed by atoms with Crippen molar-refractivity contribution < 1.29 is 38.5 Å². The molecule has 0 bridgehead atoms. The Balaban J connectivity index is 0.000000204. The van der Waals surface area contributed by atoms with Crippen molar-refractivity contribution in [2.75, 3.05) is 14.2 Å². The van der Waals surface area contributed by atoms with Gasteiger partial charge in [-0.25, -0.2) is 9.59 Å². The molecule has 0 aliphatic heterocycles. The van der Waals surface area contributed by atoms with E-state index in [-0.39, 0.29) is 17.6 Å². The topological polar surface area (TPSA) is 140 Å². The van der Waals surface area contributed by atoms with Crippen LogP contribution in [-0.4, -0.2) is 55.2 Å². The van der Waals surface area contributed by atoms with Gasteiger partial charge in [-0.1, -0.05) is 115 Å². The molecular weight excluding hydrogens is 745 g/mol. The fraction of sp³-hybridized carbons (Fsp3) is 0.143. The largest absolute Gasteiger partial charge is 0.508 e. The van der Waals surface area contributed by atoms with Gasteiger partial charge < -0.3 is 30.0 Å². The zero-order valence-corrected chi connectivity index (χ0v) is 32.7. The molecule has 2 amide bonds. The molecule has 298 valence electrons. The number of ether oxygens (including phenoxy) is 3. The maximum absolute atomic E-state index is 12.9. The number of nitrogens with one attached hydrogen (secondary N) is 2. The second kappa shape index (κ2) is 20.1. The summed E-state index contributed by atoms with van der Waals surface area (Å²) in [5, 5.41) is 18.6. The van der Waals surface area contributed by atoms with Crippen molar-refractivity contribution in [2.24, 2.45) is 0 Å². The van der Waals surface area contributed by atoms with E-state index in [9.17, 15) is 24.3 Å². The molecule has 0 fully saturated rings. The van der Waals surface area contributed by atoms with E-state index in [1.165, 1.54) is 14.2 Å². The Morgan fingerprint density at radius 1 is 0.492 bits per heavy atom. The highest BCUT2D eigenvalue weighted by Gasteiger charge is 2.24. The molecule has 3 N–H and O–H groups in total. The molecule has 0 saturated heterocycles. The van der Waals surface area contributed by atoms with Crippen LogP contribution < -0.4 is 15.4 Å². The molecule has 0 aliphatic rings. The van der Waals surface area contributed by atoms with Gasteiger partial charge in [0, 0.05) is 24.0 Å². The molecule has 10 nitrogen and oxygen atoms in total. The summed E-state index contributed by atoms with van der Waals surface area (Å²) in [7, 11) is 2.62. The summed E-state index contributed by atoms with van der Waals surface area (Å²) in [6, 6.07) is 48.7. The van der Waals surface area contributed by atoms with Gasteiger partial charge in [0.15, 0.2) is 0 Å². The van der Waals surface area contributed by atoms with Crippen LogP contribution in [0.4, 0.5) is 0 Å². The molecule has 0 aliphatic carbocycles.